The second kappa shape index (κ2) is 8.97. The number of ketones is 1. The van der Waals surface area contributed by atoms with E-state index >= 15 is 0 Å². The van der Waals surface area contributed by atoms with Gasteiger partial charge in [-0.15, -0.1) is 0 Å². The van der Waals surface area contributed by atoms with Crippen LogP contribution in [-0.4, -0.2) is 159 Å². The van der Waals surface area contributed by atoms with Gasteiger partial charge in [-0.05, 0) is 6.42 Å². The number of phenolic OH excluding ortho intramolecular Hbond substituents is 2. The van der Waals surface area contributed by atoms with E-state index in [1.165, 1.54) is 0 Å². The number of aromatic hydroxyl groups is 2. The van der Waals surface area contributed by atoms with Crippen molar-refractivity contribution in [3.63, 3.8) is 0 Å². The van der Waals surface area contributed by atoms with Crippen molar-refractivity contribution in [2.75, 3.05) is 20.2 Å². The molecule has 2 aliphatic heterocycles. The zero-order chi connectivity index (χ0) is 31.2. The Morgan fingerprint density at radius 1 is 0.825 bits per heavy atom. The highest BCUT2D eigenvalue weighted by Crippen LogP contribution is 2.57. The highest BCUT2D eigenvalue weighted by molar-refractivity contribution is 5.96. The third-order valence-corrected chi connectivity index (χ3v) is 6.81. The van der Waals surface area contributed by atoms with Crippen LogP contribution in [0.1, 0.15) is 17.2 Å². The summed E-state index contributed by atoms with van der Waals surface area (Å²) in [5, 5.41) is 169. The second-order valence-electron chi connectivity index (χ2n) is 9.32. The average Bonchev–Trinajstić information content (AvgIpc) is 2.77. The number of carbonyl (C=O) groups excluding carboxylic acids is 1. The first-order chi connectivity index (χ1) is 17.7. The van der Waals surface area contributed by atoms with Gasteiger partial charge in [-0.2, -0.15) is 0 Å². The number of rotatable bonds is 7. The molecule has 21 nitrogen and oxygen atoms in total. The number of methoxy groups -OCH3 is 1. The van der Waals surface area contributed by atoms with E-state index in [2.05, 4.69) is 4.74 Å². The van der Waals surface area contributed by atoms with Crippen LogP contribution in [0.4, 0.5) is 0 Å². The zero-order valence-electron chi connectivity index (χ0n) is 20.0. The molecule has 0 aromatic heterocycles. The lowest BCUT2D eigenvalue weighted by molar-refractivity contribution is -0.553. The van der Waals surface area contributed by atoms with E-state index in [0.29, 0.717) is 4.90 Å². The van der Waals surface area contributed by atoms with Gasteiger partial charge in [0, 0.05) is 24.2 Å². The summed E-state index contributed by atoms with van der Waals surface area (Å²) in [7, 11) is 0.820. The Morgan fingerprint density at radius 3 is 1.75 bits per heavy atom. The summed E-state index contributed by atoms with van der Waals surface area (Å²) in [6, 6.07) is -2.33. The van der Waals surface area contributed by atoms with Gasteiger partial charge in [-0.3, -0.25) is 9.69 Å². The van der Waals surface area contributed by atoms with Crippen LogP contribution in [0.3, 0.4) is 0 Å². The first-order valence-corrected chi connectivity index (χ1v) is 10.7. The molecule has 0 amide bonds. The van der Waals surface area contributed by atoms with E-state index in [0.717, 1.165) is 7.11 Å². The van der Waals surface area contributed by atoms with E-state index in [9.17, 15) is 76.3 Å². The monoisotopic (exact) mass is 589 g/mol. The summed E-state index contributed by atoms with van der Waals surface area (Å²) in [4.78, 5) is 13.7. The van der Waals surface area contributed by atoms with Gasteiger partial charge < -0.3 is 96.3 Å². The zero-order valence-corrected chi connectivity index (χ0v) is 20.0. The molecule has 0 saturated carbocycles. The number of benzene rings is 1. The van der Waals surface area contributed by atoms with Crippen LogP contribution in [0, 0.1) is 0 Å². The summed E-state index contributed by atoms with van der Waals surface area (Å²) in [6.07, 6.45) is -4.50. The van der Waals surface area contributed by atoms with Gasteiger partial charge in [0.15, 0.2) is 17.1 Å². The Kier molecular flexibility index (Phi) is 7.17. The number of hydrogen-bond donors (Lipinski definition) is 17. The molecule has 3 rings (SSSR count). The van der Waals surface area contributed by atoms with Gasteiger partial charge in [0.1, 0.15) is 6.04 Å². The minimum Gasteiger partial charge on any atom is -0.504 e. The van der Waals surface area contributed by atoms with E-state index < -0.39 is 106 Å². The summed E-state index contributed by atoms with van der Waals surface area (Å²) in [5.41, 5.74) is -11.0. The number of hydrogen-bond acceptors (Lipinski definition) is 21. The third kappa shape index (κ3) is 4.17. The lowest BCUT2D eigenvalue weighted by Gasteiger charge is -2.58. The summed E-state index contributed by atoms with van der Waals surface area (Å²) < 4.78 is 9.13. The molecule has 2 atom stereocenters. The van der Waals surface area contributed by atoms with Crippen LogP contribution in [0.5, 0.6) is 23.0 Å². The van der Waals surface area contributed by atoms with Gasteiger partial charge >= 0.3 is 18.1 Å². The van der Waals surface area contributed by atoms with Crippen molar-refractivity contribution in [1.82, 2.24) is 4.90 Å². The van der Waals surface area contributed by atoms with Gasteiger partial charge in [0.25, 0.3) is 5.60 Å². The number of aliphatic hydroxyl groups is 15. The predicted molar refractivity (Wildman–Crippen MR) is 112 cm³/mol. The number of piperidine rings is 1. The van der Waals surface area contributed by atoms with Crippen LogP contribution in [0.2, 0.25) is 0 Å². The maximum atomic E-state index is 13.2. The van der Waals surface area contributed by atoms with Crippen LogP contribution in [0.25, 0.3) is 0 Å². The number of fused-ring (bicyclic) bond motifs is 3. The Hall–Kier alpha value is -2.55. The molecule has 1 aromatic rings. The maximum absolute atomic E-state index is 13.2. The lowest BCUT2D eigenvalue weighted by Crippen LogP contribution is -2.88. The minimum atomic E-state index is -5.31. The number of carbonyl (C=O) groups is 1. The third-order valence-electron chi connectivity index (χ3n) is 6.81. The van der Waals surface area contributed by atoms with Crippen LogP contribution in [-0.2, 0) is 11.2 Å². The molecule has 228 valence electrons. The Balaban J connectivity index is 2.27. The largest absolute Gasteiger partial charge is 0.504 e. The molecule has 1 saturated heterocycles. The highest BCUT2D eigenvalue weighted by Gasteiger charge is 2.83. The van der Waals surface area contributed by atoms with E-state index in [1.807, 2.05) is 0 Å². The normalized spacial score (nSPS) is 24.4. The van der Waals surface area contributed by atoms with Crippen LogP contribution < -0.4 is 9.47 Å². The number of Topliss-reactive ketones (excluding diaryl/α,β-unsaturated/α-hetero) is 1. The van der Waals surface area contributed by atoms with Crippen molar-refractivity contribution in [3.8, 4) is 23.0 Å². The van der Waals surface area contributed by atoms with Crippen LogP contribution in [0.15, 0.2) is 0 Å². The van der Waals surface area contributed by atoms with Gasteiger partial charge in [0.2, 0.25) is 28.9 Å². The topological polar surface area (TPSA) is 383 Å². The molecule has 0 aliphatic carbocycles. The second-order valence-corrected chi connectivity index (χ2v) is 9.32. The highest BCUT2D eigenvalue weighted by atomic mass is 16.9. The van der Waals surface area contributed by atoms with Crippen molar-refractivity contribution in [2.24, 2.45) is 0 Å². The fourth-order valence-corrected chi connectivity index (χ4v) is 4.96. The van der Waals surface area contributed by atoms with Gasteiger partial charge in [-0.25, -0.2) is 0 Å². The van der Waals surface area contributed by atoms with Crippen molar-refractivity contribution < 1.29 is 101 Å². The van der Waals surface area contributed by atoms with E-state index in [4.69, 9.17) is 20.1 Å². The molecule has 2 heterocycles. The number of nitrogens with zero attached hydrogens (tertiary/aromatic N) is 1. The molecule has 17 N–H and O–H groups in total. The molecule has 1 aromatic carbocycles. The molecule has 21 heteroatoms. The Labute approximate surface area is 220 Å². The molecular weight excluding hydrogens is 562 g/mol. The Bertz CT molecular complexity index is 1180. The quantitative estimate of drug-likeness (QED) is 0.104. The van der Waals surface area contributed by atoms with Crippen molar-refractivity contribution in [3.05, 3.63) is 11.1 Å². The molecule has 0 spiro atoms. The van der Waals surface area contributed by atoms with Crippen molar-refractivity contribution >= 4 is 5.78 Å². The maximum Gasteiger partial charge on any atom is 0.453 e. The fourth-order valence-electron chi connectivity index (χ4n) is 4.96. The first kappa shape index (κ1) is 32.0. The Morgan fingerprint density at radius 2 is 1.32 bits per heavy atom. The number of ether oxygens (including phenoxy) is 2. The van der Waals surface area contributed by atoms with Gasteiger partial charge in [-0.1, -0.05) is 0 Å². The summed E-state index contributed by atoms with van der Waals surface area (Å²) >= 11 is 0. The average molecular weight is 589 g/mol. The number of phenols is 2. The van der Waals surface area contributed by atoms with Crippen molar-refractivity contribution in [1.29, 1.82) is 0 Å². The fraction of sp³-hybridized carbons (Fsp3) is 0.632. The standard InChI is InChI=1S/C19H27NO20/c1-39-9-8(22)6-5(7(21)10(9)40-19(36,37)38)2-3-20-4-13(24,12(23)14(25,26)11(6)20)16(28,29)15(27,17(30,31)32)18(33,34)35/h11,21-22,24-38H,2-4H2,1H3. The molecule has 40 heavy (non-hydrogen) atoms. The smallest absolute Gasteiger partial charge is 0.453 e. The molecule has 0 bridgehead atoms. The van der Waals surface area contributed by atoms with E-state index in [1.54, 1.807) is 0 Å². The molecule has 2 unspecified atom stereocenters. The first-order valence-electron chi connectivity index (χ1n) is 10.7. The van der Waals surface area contributed by atoms with E-state index in [-0.39, 0.29) is 0 Å². The summed E-state index contributed by atoms with van der Waals surface area (Å²) in [6.45, 7) is -2.33. The molecule has 2 aliphatic rings. The molecular formula is C19H27NO20. The summed E-state index contributed by atoms with van der Waals surface area (Å²) in [5.74, 6) is -26.6. The van der Waals surface area contributed by atoms with Gasteiger partial charge in [0.05, 0.1) is 7.11 Å². The predicted octanol–water partition coefficient (Wildman–Crippen LogP) is -9.36. The lowest BCUT2D eigenvalue weighted by atomic mass is 9.67. The van der Waals surface area contributed by atoms with Crippen LogP contribution >= 0.6 is 0 Å². The molecule has 0 radical (unpaired) electrons. The SMILES string of the molecule is COc1c(O)c2c(c(O)c1OC(O)(O)O)CCN1CC(O)(C(O)(O)C(O)(C(O)(O)O)C(O)(O)O)C(=O)C(O)(O)C21. The molecule has 1 fully saturated rings. The van der Waals surface area contributed by atoms with Crippen molar-refractivity contribution in [2.45, 2.75) is 53.3 Å². The minimum absolute atomic E-state index is 0.513.